The Morgan fingerprint density at radius 2 is 1.35 bits per heavy atom. The number of esters is 2. The van der Waals surface area contributed by atoms with E-state index < -0.39 is 39.7 Å². The molecule has 0 fully saturated rings. The SMILES string of the molecule is C#CC(=O)OCCC[Si](C)(C)O[Si](C)(O[Si](C)(C)O[Si](C)(C)CCCOC(=O)C(=C)C)c1ccccc1. The maximum atomic E-state index is 11.6. The van der Waals surface area contributed by atoms with Gasteiger partial charge in [-0.15, -0.1) is 6.42 Å². The van der Waals surface area contributed by atoms with E-state index in [1.165, 1.54) is 0 Å². The smallest absolute Gasteiger partial charge is 0.384 e. The van der Waals surface area contributed by atoms with Gasteiger partial charge >= 0.3 is 29.1 Å². The van der Waals surface area contributed by atoms with Crippen LogP contribution in [0.5, 0.6) is 0 Å². The van der Waals surface area contributed by atoms with Crippen molar-refractivity contribution in [3.05, 3.63) is 42.5 Å². The second-order valence-electron chi connectivity index (χ2n) is 10.9. The molecule has 0 bridgehead atoms. The monoisotopic (exact) mass is 580 g/mol. The Bertz CT molecular complexity index is 957. The van der Waals surface area contributed by atoms with Crippen LogP contribution in [0.1, 0.15) is 19.8 Å². The van der Waals surface area contributed by atoms with E-state index in [-0.39, 0.29) is 12.6 Å². The number of ether oxygens (including phenoxy) is 2. The number of carbonyl (C=O) groups excluding carboxylic acids is 2. The van der Waals surface area contributed by atoms with Crippen molar-refractivity contribution in [3.8, 4) is 12.3 Å². The van der Waals surface area contributed by atoms with Crippen molar-refractivity contribution < 1.29 is 31.4 Å². The van der Waals surface area contributed by atoms with Crippen LogP contribution in [-0.4, -0.2) is 58.9 Å². The molecule has 11 heteroatoms. The third-order valence-electron chi connectivity index (χ3n) is 5.51. The average molecular weight is 581 g/mol. The minimum absolute atomic E-state index is 0.276. The van der Waals surface area contributed by atoms with Gasteiger partial charge in [-0.05, 0) is 82.9 Å². The molecule has 1 unspecified atom stereocenters. The molecule has 0 aliphatic heterocycles. The summed E-state index contributed by atoms with van der Waals surface area (Å²) in [4.78, 5) is 22.9. The van der Waals surface area contributed by atoms with E-state index >= 15 is 0 Å². The standard InChI is InChI=1S/C26H44O7Si4/c1-11-25(27)29-19-15-22-35(6,7)32-37(10,24-17-13-12-14-18-24)33-36(8,9)31-34(4,5)21-16-20-30-26(28)23(2)3/h1,12-14,17-18H,2,15-16,19-22H2,3-10H3. The molecule has 0 N–H and O–H groups in total. The summed E-state index contributed by atoms with van der Waals surface area (Å²) in [5.41, 5.74) is 0.403. The first kappa shape index (κ1) is 33.2. The van der Waals surface area contributed by atoms with E-state index in [2.05, 4.69) is 64.5 Å². The van der Waals surface area contributed by atoms with Gasteiger partial charge in [0.1, 0.15) is 0 Å². The van der Waals surface area contributed by atoms with Crippen molar-refractivity contribution in [1.29, 1.82) is 0 Å². The minimum Gasteiger partial charge on any atom is -0.462 e. The second-order valence-corrected chi connectivity index (χ2v) is 26.7. The zero-order chi connectivity index (χ0) is 28.3. The van der Waals surface area contributed by atoms with Crippen LogP contribution in [0.3, 0.4) is 0 Å². The molecule has 1 aromatic carbocycles. The first-order chi connectivity index (χ1) is 17.0. The summed E-state index contributed by atoms with van der Waals surface area (Å²) in [7, 11) is -9.75. The Morgan fingerprint density at radius 1 is 0.838 bits per heavy atom. The Labute approximate surface area is 227 Å². The predicted octanol–water partition coefficient (Wildman–Crippen LogP) is 5.20. The third-order valence-corrected chi connectivity index (χ3v) is 21.5. The normalized spacial score (nSPS) is 13.8. The van der Waals surface area contributed by atoms with Gasteiger partial charge in [-0.1, -0.05) is 36.9 Å². The van der Waals surface area contributed by atoms with Crippen molar-refractivity contribution >= 4 is 50.9 Å². The van der Waals surface area contributed by atoms with Gasteiger partial charge in [0.05, 0.1) is 13.2 Å². The quantitative estimate of drug-likeness (QED) is 0.0664. The first-order valence-electron chi connectivity index (χ1n) is 12.6. The van der Waals surface area contributed by atoms with E-state index in [0.717, 1.165) is 23.7 Å². The molecule has 0 amide bonds. The highest BCUT2D eigenvalue weighted by molar-refractivity contribution is 6.95. The van der Waals surface area contributed by atoms with Gasteiger partial charge in [0.2, 0.25) is 0 Å². The van der Waals surface area contributed by atoms with Gasteiger partial charge in [-0.2, -0.15) is 0 Å². The molecular formula is C26H44O7Si4. The van der Waals surface area contributed by atoms with Gasteiger partial charge in [-0.25, -0.2) is 9.59 Å². The largest absolute Gasteiger partial charge is 0.462 e. The number of carbonyl (C=O) groups is 2. The molecule has 0 radical (unpaired) electrons. The molecule has 1 aromatic rings. The summed E-state index contributed by atoms with van der Waals surface area (Å²) in [5.74, 6) is 0.965. The number of hydrogen-bond donors (Lipinski definition) is 0. The Morgan fingerprint density at radius 3 is 1.86 bits per heavy atom. The minimum atomic E-state index is -2.85. The molecule has 0 aromatic heterocycles. The highest BCUT2D eigenvalue weighted by Gasteiger charge is 2.47. The molecule has 1 rings (SSSR count). The van der Waals surface area contributed by atoms with Crippen molar-refractivity contribution in [2.24, 2.45) is 0 Å². The van der Waals surface area contributed by atoms with Crippen LogP contribution >= 0.6 is 0 Å². The third kappa shape index (κ3) is 13.0. The lowest BCUT2D eigenvalue weighted by Gasteiger charge is -2.42. The van der Waals surface area contributed by atoms with Crippen LogP contribution in [0.4, 0.5) is 0 Å². The number of rotatable bonds is 16. The van der Waals surface area contributed by atoms with E-state index in [0.29, 0.717) is 18.6 Å². The Hall–Kier alpha value is -1.79. The average Bonchev–Trinajstić information content (AvgIpc) is 2.78. The lowest BCUT2D eigenvalue weighted by atomic mass is 10.4. The topological polar surface area (TPSA) is 80.3 Å². The van der Waals surface area contributed by atoms with Crippen molar-refractivity contribution in [1.82, 2.24) is 0 Å². The maximum absolute atomic E-state index is 11.6. The number of benzene rings is 1. The lowest BCUT2D eigenvalue weighted by molar-refractivity contribution is -0.139. The fourth-order valence-corrected chi connectivity index (χ4v) is 23.1. The summed E-state index contributed by atoms with van der Waals surface area (Å²) in [6.45, 7) is 20.8. The molecule has 37 heavy (non-hydrogen) atoms. The zero-order valence-electron chi connectivity index (χ0n) is 23.8. The first-order valence-corrected chi connectivity index (χ1v) is 24.0. The van der Waals surface area contributed by atoms with Gasteiger partial charge in [-0.3, -0.25) is 0 Å². The summed E-state index contributed by atoms with van der Waals surface area (Å²) in [5, 5.41) is 1.06. The molecule has 0 heterocycles. The fraction of sp³-hybridized carbons (Fsp3) is 0.538. The molecule has 206 valence electrons. The van der Waals surface area contributed by atoms with E-state index in [4.69, 9.17) is 28.2 Å². The van der Waals surface area contributed by atoms with Gasteiger partial charge in [0.25, 0.3) is 0 Å². The van der Waals surface area contributed by atoms with Gasteiger partial charge in [0.15, 0.2) is 16.6 Å². The van der Waals surface area contributed by atoms with Crippen molar-refractivity contribution in [2.45, 2.75) is 77.7 Å². The lowest BCUT2D eigenvalue weighted by Crippen LogP contribution is -2.63. The highest BCUT2D eigenvalue weighted by atomic mass is 28.5. The summed E-state index contributed by atoms with van der Waals surface area (Å²) in [6, 6.07) is 11.8. The molecule has 0 saturated heterocycles. The number of terminal acetylenes is 1. The molecule has 0 aliphatic carbocycles. The van der Waals surface area contributed by atoms with Crippen LogP contribution in [0.15, 0.2) is 42.5 Å². The summed E-state index contributed by atoms with van der Waals surface area (Å²) in [6.07, 6.45) is 6.48. The van der Waals surface area contributed by atoms with Crippen LogP contribution in [0.25, 0.3) is 0 Å². The van der Waals surface area contributed by atoms with Crippen LogP contribution in [-0.2, 0) is 31.4 Å². The van der Waals surface area contributed by atoms with Crippen LogP contribution in [0.2, 0.25) is 57.9 Å². The zero-order valence-corrected chi connectivity index (χ0v) is 27.8. The molecular weight excluding hydrogens is 537 g/mol. The molecule has 0 spiro atoms. The molecule has 0 aliphatic rings. The molecule has 0 saturated carbocycles. The molecule has 1 atom stereocenters. The fourth-order valence-electron chi connectivity index (χ4n) is 4.15. The summed E-state index contributed by atoms with van der Waals surface area (Å²) >= 11 is 0. The summed E-state index contributed by atoms with van der Waals surface area (Å²) < 4.78 is 30.9. The number of hydrogen-bond acceptors (Lipinski definition) is 7. The van der Waals surface area contributed by atoms with Crippen molar-refractivity contribution in [3.63, 3.8) is 0 Å². The van der Waals surface area contributed by atoms with Gasteiger partial charge < -0.3 is 21.8 Å². The van der Waals surface area contributed by atoms with E-state index in [1.54, 1.807) is 6.92 Å². The second kappa shape index (κ2) is 14.4. The predicted molar refractivity (Wildman–Crippen MR) is 158 cm³/mol. The van der Waals surface area contributed by atoms with E-state index in [9.17, 15) is 9.59 Å². The highest BCUT2D eigenvalue weighted by Crippen LogP contribution is 2.27. The molecule has 7 nitrogen and oxygen atoms in total. The van der Waals surface area contributed by atoms with Gasteiger partial charge in [0, 0.05) is 11.5 Å². The van der Waals surface area contributed by atoms with Crippen molar-refractivity contribution in [2.75, 3.05) is 13.2 Å². The Kier molecular flexibility index (Phi) is 12.9. The van der Waals surface area contributed by atoms with Crippen LogP contribution < -0.4 is 5.19 Å². The van der Waals surface area contributed by atoms with E-state index in [1.807, 2.05) is 24.1 Å². The maximum Gasteiger partial charge on any atom is 0.384 e. The van der Waals surface area contributed by atoms with Crippen LogP contribution in [0, 0.1) is 12.3 Å². The Balaban J connectivity index is 2.91.